The Morgan fingerprint density at radius 2 is 1.43 bits per heavy atom. The van der Waals surface area contributed by atoms with E-state index in [1.807, 2.05) is 0 Å². The molecule has 0 fully saturated rings. The summed E-state index contributed by atoms with van der Waals surface area (Å²) in [6.45, 7) is 1.55. The molecular formula is C18H20ClNO. The normalized spacial score (nSPS) is 13.0. The third-order valence-electron chi connectivity index (χ3n) is 3.71. The van der Waals surface area contributed by atoms with Crippen molar-refractivity contribution >= 4 is 24.6 Å². The molecule has 1 N–H and O–H groups in total. The van der Waals surface area contributed by atoms with Crippen LogP contribution in [-0.4, -0.2) is 20.3 Å². The van der Waals surface area contributed by atoms with E-state index in [0.29, 0.717) is 6.61 Å². The number of rotatable bonds is 4. The quantitative estimate of drug-likeness (QED) is 0.864. The summed E-state index contributed by atoms with van der Waals surface area (Å²) in [5.41, 5.74) is 5.20. The number of ether oxygens (including phenoxy) is 1. The highest BCUT2D eigenvalue weighted by atomic mass is 35.5. The summed E-state index contributed by atoms with van der Waals surface area (Å²) in [5.74, 6) is 0. The first-order valence-corrected chi connectivity index (χ1v) is 6.98. The van der Waals surface area contributed by atoms with Gasteiger partial charge in [-0.15, -0.1) is 12.4 Å². The van der Waals surface area contributed by atoms with Crippen molar-refractivity contribution in [3.05, 3.63) is 70.8 Å². The molecule has 0 saturated heterocycles. The number of methoxy groups -OCH3 is 1. The Kier molecular flexibility index (Phi) is 5.57. The number of fused-ring (bicyclic) bond motifs is 2. The van der Waals surface area contributed by atoms with Crippen LogP contribution in [-0.2, 0) is 4.74 Å². The molecule has 0 atom stereocenters. The molecule has 0 amide bonds. The molecule has 21 heavy (non-hydrogen) atoms. The van der Waals surface area contributed by atoms with Crippen LogP contribution in [0.4, 0.5) is 0 Å². The van der Waals surface area contributed by atoms with Crippen LogP contribution in [0.15, 0.2) is 48.5 Å². The zero-order valence-electron chi connectivity index (χ0n) is 12.1. The molecule has 0 aromatic heterocycles. The summed E-state index contributed by atoms with van der Waals surface area (Å²) in [5, 5.41) is 3.61. The average Bonchev–Trinajstić information content (AvgIpc) is 2.66. The maximum atomic E-state index is 5.16. The van der Waals surface area contributed by atoms with Gasteiger partial charge < -0.3 is 10.1 Å². The van der Waals surface area contributed by atoms with E-state index >= 15 is 0 Å². The molecule has 3 rings (SSSR count). The summed E-state index contributed by atoms with van der Waals surface area (Å²) in [4.78, 5) is 0. The van der Waals surface area contributed by atoms with Crippen LogP contribution in [0.3, 0.4) is 0 Å². The van der Waals surface area contributed by atoms with Crippen molar-refractivity contribution in [3.8, 4) is 0 Å². The molecule has 1 aliphatic carbocycles. The monoisotopic (exact) mass is 301 g/mol. The van der Waals surface area contributed by atoms with Gasteiger partial charge in [0.05, 0.1) is 12.6 Å². The minimum Gasteiger partial charge on any atom is -0.383 e. The largest absolute Gasteiger partial charge is 0.383 e. The topological polar surface area (TPSA) is 21.3 Å². The third-order valence-corrected chi connectivity index (χ3v) is 3.71. The number of hydrogen-bond donors (Lipinski definition) is 1. The molecule has 0 radical (unpaired) electrons. The van der Waals surface area contributed by atoms with Crippen LogP contribution < -0.4 is 5.32 Å². The number of nitrogens with one attached hydrogen (secondary N) is 1. The van der Waals surface area contributed by atoms with Crippen molar-refractivity contribution in [2.75, 3.05) is 20.3 Å². The second kappa shape index (κ2) is 7.41. The van der Waals surface area contributed by atoms with Crippen molar-refractivity contribution in [1.29, 1.82) is 0 Å². The van der Waals surface area contributed by atoms with Gasteiger partial charge in [0.25, 0.3) is 0 Å². The zero-order chi connectivity index (χ0) is 13.8. The predicted octanol–water partition coefficient (Wildman–Crippen LogP) is 3.92. The SMILES string of the molecule is COCCNC1c2ccccc2C=Cc2ccccc21.Cl. The van der Waals surface area contributed by atoms with E-state index in [1.54, 1.807) is 7.11 Å². The van der Waals surface area contributed by atoms with Gasteiger partial charge in [0, 0.05) is 13.7 Å². The van der Waals surface area contributed by atoms with Crippen LogP contribution in [0.25, 0.3) is 12.2 Å². The minimum absolute atomic E-state index is 0. The zero-order valence-corrected chi connectivity index (χ0v) is 12.9. The van der Waals surface area contributed by atoms with Crippen LogP contribution >= 0.6 is 12.4 Å². The molecule has 0 bridgehead atoms. The van der Waals surface area contributed by atoms with Gasteiger partial charge in [0.1, 0.15) is 0 Å². The molecule has 1 aliphatic rings. The van der Waals surface area contributed by atoms with Crippen molar-refractivity contribution in [1.82, 2.24) is 5.32 Å². The lowest BCUT2D eigenvalue weighted by Crippen LogP contribution is -2.26. The smallest absolute Gasteiger partial charge is 0.0589 e. The maximum absolute atomic E-state index is 5.16. The molecule has 0 aliphatic heterocycles. The lowest BCUT2D eigenvalue weighted by Gasteiger charge is -2.21. The van der Waals surface area contributed by atoms with Crippen LogP contribution in [0.1, 0.15) is 28.3 Å². The Hall–Kier alpha value is -1.61. The van der Waals surface area contributed by atoms with Crippen molar-refractivity contribution in [3.63, 3.8) is 0 Å². The molecule has 110 valence electrons. The van der Waals surface area contributed by atoms with Gasteiger partial charge in [-0.05, 0) is 22.3 Å². The molecular weight excluding hydrogens is 282 g/mol. The number of hydrogen-bond acceptors (Lipinski definition) is 2. The fourth-order valence-corrected chi connectivity index (χ4v) is 2.72. The Labute approximate surface area is 132 Å². The van der Waals surface area contributed by atoms with Gasteiger partial charge in [0.15, 0.2) is 0 Å². The number of benzene rings is 2. The van der Waals surface area contributed by atoms with Gasteiger partial charge in [-0.2, -0.15) is 0 Å². The van der Waals surface area contributed by atoms with E-state index in [2.05, 4.69) is 66.0 Å². The third kappa shape index (κ3) is 3.35. The Bertz CT molecular complexity index is 575. The van der Waals surface area contributed by atoms with Gasteiger partial charge in [0.2, 0.25) is 0 Å². The molecule has 2 aromatic carbocycles. The molecule has 0 spiro atoms. The number of halogens is 1. The fraction of sp³-hybridized carbons (Fsp3) is 0.222. The highest BCUT2D eigenvalue weighted by molar-refractivity contribution is 5.85. The molecule has 0 unspecified atom stereocenters. The molecule has 3 heteroatoms. The van der Waals surface area contributed by atoms with Gasteiger partial charge in [-0.1, -0.05) is 60.7 Å². The van der Waals surface area contributed by atoms with E-state index in [9.17, 15) is 0 Å². The predicted molar refractivity (Wildman–Crippen MR) is 90.8 cm³/mol. The summed E-state index contributed by atoms with van der Waals surface area (Å²) in [7, 11) is 1.73. The van der Waals surface area contributed by atoms with Gasteiger partial charge >= 0.3 is 0 Å². The second-order valence-corrected chi connectivity index (χ2v) is 4.97. The van der Waals surface area contributed by atoms with E-state index in [0.717, 1.165) is 6.54 Å². The summed E-state index contributed by atoms with van der Waals surface area (Å²) in [6, 6.07) is 17.3. The first-order valence-electron chi connectivity index (χ1n) is 6.98. The minimum atomic E-state index is 0. The van der Waals surface area contributed by atoms with Crippen LogP contribution in [0.5, 0.6) is 0 Å². The lowest BCUT2D eigenvalue weighted by molar-refractivity contribution is 0.197. The van der Waals surface area contributed by atoms with E-state index in [4.69, 9.17) is 4.74 Å². The van der Waals surface area contributed by atoms with Crippen molar-refractivity contribution in [2.45, 2.75) is 6.04 Å². The molecule has 0 saturated carbocycles. The summed E-state index contributed by atoms with van der Waals surface area (Å²) >= 11 is 0. The van der Waals surface area contributed by atoms with Crippen LogP contribution in [0.2, 0.25) is 0 Å². The summed E-state index contributed by atoms with van der Waals surface area (Å²) in [6.07, 6.45) is 4.40. The Balaban J connectivity index is 0.00000161. The maximum Gasteiger partial charge on any atom is 0.0589 e. The van der Waals surface area contributed by atoms with Gasteiger partial charge in [-0.3, -0.25) is 0 Å². The standard InChI is InChI=1S/C18H19NO.ClH/c1-20-13-12-19-18-16-8-4-2-6-14(16)10-11-15-7-3-5-9-17(15)18;/h2-11,18-19H,12-13H2,1H3;1H. The summed E-state index contributed by atoms with van der Waals surface area (Å²) < 4.78 is 5.16. The Morgan fingerprint density at radius 3 is 1.95 bits per heavy atom. The molecule has 2 nitrogen and oxygen atoms in total. The van der Waals surface area contributed by atoms with Gasteiger partial charge in [-0.25, -0.2) is 0 Å². The van der Waals surface area contributed by atoms with Crippen molar-refractivity contribution < 1.29 is 4.74 Å². The first kappa shape index (κ1) is 15.8. The van der Waals surface area contributed by atoms with E-state index < -0.39 is 0 Å². The van der Waals surface area contributed by atoms with E-state index in [1.165, 1.54) is 22.3 Å². The Morgan fingerprint density at radius 1 is 0.905 bits per heavy atom. The fourth-order valence-electron chi connectivity index (χ4n) is 2.72. The first-order chi connectivity index (χ1) is 9.90. The lowest BCUT2D eigenvalue weighted by atomic mass is 9.94. The highest BCUT2D eigenvalue weighted by Gasteiger charge is 2.19. The highest BCUT2D eigenvalue weighted by Crippen LogP contribution is 2.32. The van der Waals surface area contributed by atoms with Crippen molar-refractivity contribution in [2.24, 2.45) is 0 Å². The van der Waals surface area contributed by atoms with Crippen LogP contribution in [0, 0.1) is 0 Å². The second-order valence-electron chi connectivity index (χ2n) is 4.97. The molecule has 2 aromatic rings. The molecule has 0 heterocycles. The average molecular weight is 302 g/mol. The van der Waals surface area contributed by atoms with E-state index in [-0.39, 0.29) is 18.4 Å².